The molecule has 2 amide bonds. The number of hydrogen-bond donors (Lipinski definition) is 2. The minimum Gasteiger partial charge on any atom is -0.442 e. The van der Waals surface area contributed by atoms with Gasteiger partial charge in [-0.05, 0) is 52.7 Å². The van der Waals surface area contributed by atoms with Gasteiger partial charge in [0, 0.05) is 24.0 Å². The van der Waals surface area contributed by atoms with Crippen LogP contribution in [0.4, 0.5) is 10.5 Å². The highest BCUT2D eigenvalue weighted by atomic mass is 79.9. The van der Waals surface area contributed by atoms with Crippen molar-refractivity contribution in [2.24, 2.45) is 0 Å². The fourth-order valence-corrected chi connectivity index (χ4v) is 2.87. The highest BCUT2D eigenvalue weighted by molar-refractivity contribution is 9.10. The van der Waals surface area contributed by atoms with Crippen molar-refractivity contribution in [1.29, 1.82) is 0 Å². The average molecular weight is 464 g/mol. The number of ether oxygens (including phenoxy) is 2. The summed E-state index contributed by atoms with van der Waals surface area (Å²) in [6, 6.07) is 10.3. The number of halogens is 1. The second-order valence-electron chi connectivity index (χ2n) is 6.11. The third-order valence-corrected chi connectivity index (χ3v) is 4.51. The van der Waals surface area contributed by atoms with Crippen molar-refractivity contribution < 1.29 is 23.9 Å². The molecule has 1 heterocycles. The predicted molar refractivity (Wildman–Crippen MR) is 110 cm³/mol. The minimum absolute atomic E-state index is 0.301. The number of pyridine rings is 1. The first-order chi connectivity index (χ1) is 13.8. The minimum atomic E-state index is -0.747. The molecule has 0 aliphatic rings. The van der Waals surface area contributed by atoms with Gasteiger partial charge in [-0.25, -0.2) is 4.79 Å². The Hall–Kier alpha value is -2.94. The van der Waals surface area contributed by atoms with Crippen LogP contribution in [0, 0.1) is 0 Å². The molecule has 2 aromatic rings. The number of alkyl carbamates (subject to hydrolysis) is 1. The van der Waals surface area contributed by atoms with E-state index in [9.17, 15) is 14.4 Å². The van der Waals surface area contributed by atoms with Crippen molar-refractivity contribution >= 4 is 39.6 Å². The molecule has 0 fully saturated rings. The number of anilines is 1. The van der Waals surface area contributed by atoms with E-state index in [1.165, 1.54) is 6.92 Å². The molecule has 1 aromatic heterocycles. The van der Waals surface area contributed by atoms with Crippen LogP contribution < -0.4 is 10.6 Å². The monoisotopic (exact) mass is 463 g/mol. The van der Waals surface area contributed by atoms with E-state index < -0.39 is 24.4 Å². The second kappa shape index (κ2) is 10.6. The van der Waals surface area contributed by atoms with E-state index in [0.717, 1.165) is 0 Å². The molecule has 0 aliphatic heterocycles. The number of carbonyl (C=O) groups is 3. The smallest absolute Gasteiger partial charge is 0.410 e. The number of esters is 1. The molecular weight excluding hydrogens is 442 g/mol. The maximum Gasteiger partial charge on any atom is 0.410 e. The topological polar surface area (TPSA) is 107 Å². The molecule has 2 atom stereocenters. The summed E-state index contributed by atoms with van der Waals surface area (Å²) in [5.74, 6) is -0.823. The quantitative estimate of drug-likeness (QED) is 0.470. The number of carbonyl (C=O) groups excluding carboxylic acids is 3. The Morgan fingerprint density at radius 2 is 1.93 bits per heavy atom. The lowest BCUT2D eigenvalue weighted by Gasteiger charge is -2.19. The largest absolute Gasteiger partial charge is 0.442 e. The molecule has 0 aliphatic carbocycles. The first-order valence-electron chi connectivity index (χ1n) is 8.96. The van der Waals surface area contributed by atoms with Crippen LogP contribution in [0.2, 0.25) is 0 Å². The van der Waals surface area contributed by atoms with E-state index in [-0.39, 0.29) is 5.91 Å². The number of benzene rings is 1. The summed E-state index contributed by atoms with van der Waals surface area (Å²) < 4.78 is 10.9. The van der Waals surface area contributed by atoms with E-state index in [1.54, 1.807) is 56.4 Å². The summed E-state index contributed by atoms with van der Waals surface area (Å²) >= 11 is 3.41. The zero-order valence-corrected chi connectivity index (χ0v) is 17.9. The third kappa shape index (κ3) is 6.86. The Bertz CT molecular complexity index is 876. The Morgan fingerprint density at radius 3 is 2.52 bits per heavy atom. The second-order valence-corrected chi connectivity index (χ2v) is 6.96. The average Bonchev–Trinajstić information content (AvgIpc) is 2.69. The maximum atomic E-state index is 12.2. The Morgan fingerprint density at radius 1 is 1.17 bits per heavy atom. The SMILES string of the molecule is CCC(NC(=O)OC(C)c1ccc(NC(=O)c2ccccn2)c(Br)c1)OC(C)=O. The fraction of sp³-hybridized carbons (Fsp3) is 0.300. The standard InChI is InChI=1S/C20H22BrN3O5/c1-4-18(29-13(3)25)24-20(27)28-12(2)14-8-9-16(15(21)11-14)23-19(26)17-7-5-6-10-22-17/h5-12,18H,4H2,1-3H3,(H,23,26)(H,24,27). The summed E-state index contributed by atoms with van der Waals surface area (Å²) in [5.41, 5.74) is 1.57. The summed E-state index contributed by atoms with van der Waals surface area (Å²) in [6.45, 7) is 4.75. The molecule has 154 valence electrons. The van der Waals surface area contributed by atoms with Crippen LogP contribution in [-0.2, 0) is 14.3 Å². The molecule has 0 radical (unpaired) electrons. The van der Waals surface area contributed by atoms with Gasteiger partial charge < -0.3 is 14.8 Å². The molecule has 0 bridgehead atoms. The molecule has 0 saturated heterocycles. The number of hydrogen-bond acceptors (Lipinski definition) is 6. The molecule has 2 N–H and O–H groups in total. The van der Waals surface area contributed by atoms with Gasteiger partial charge in [0.1, 0.15) is 11.8 Å². The fourth-order valence-electron chi connectivity index (χ4n) is 2.38. The Labute approximate surface area is 177 Å². The van der Waals surface area contributed by atoms with Crippen molar-refractivity contribution in [3.05, 3.63) is 58.3 Å². The van der Waals surface area contributed by atoms with Crippen LogP contribution in [-0.4, -0.2) is 29.2 Å². The number of nitrogens with zero attached hydrogens (tertiary/aromatic N) is 1. The van der Waals surface area contributed by atoms with Crippen LogP contribution in [0.1, 0.15) is 49.3 Å². The van der Waals surface area contributed by atoms with Crippen LogP contribution >= 0.6 is 15.9 Å². The zero-order chi connectivity index (χ0) is 21.4. The molecule has 1 aromatic carbocycles. The highest BCUT2D eigenvalue weighted by Crippen LogP contribution is 2.28. The van der Waals surface area contributed by atoms with Crippen molar-refractivity contribution in [2.75, 3.05) is 5.32 Å². The van der Waals surface area contributed by atoms with Gasteiger partial charge in [-0.1, -0.05) is 19.1 Å². The first kappa shape index (κ1) is 22.4. The van der Waals surface area contributed by atoms with E-state index in [1.807, 2.05) is 0 Å². The van der Waals surface area contributed by atoms with Gasteiger partial charge in [0.15, 0.2) is 6.23 Å². The Kier molecular flexibility index (Phi) is 8.14. The van der Waals surface area contributed by atoms with Gasteiger partial charge >= 0.3 is 12.1 Å². The van der Waals surface area contributed by atoms with Crippen LogP contribution in [0.5, 0.6) is 0 Å². The van der Waals surface area contributed by atoms with Gasteiger partial charge in [0.25, 0.3) is 5.91 Å². The van der Waals surface area contributed by atoms with Crippen molar-refractivity contribution in [3.8, 4) is 0 Å². The third-order valence-electron chi connectivity index (χ3n) is 3.85. The van der Waals surface area contributed by atoms with Crippen molar-refractivity contribution in [3.63, 3.8) is 0 Å². The number of nitrogens with one attached hydrogen (secondary N) is 2. The summed E-state index contributed by atoms with van der Waals surface area (Å²) in [7, 11) is 0. The van der Waals surface area contributed by atoms with E-state index in [2.05, 4.69) is 31.5 Å². The van der Waals surface area contributed by atoms with Crippen LogP contribution in [0.25, 0.3) is 0 Å². The number of amides is 2. The van der Waals surface area contributed by atoms with Crippen LogP contribution in [0.15, 0.2) is 47.1 Å². The van der Waals surface area contributed by atoms with Gasteiger partial charge in [0.05, 0.1) is 5.69 Å². The molecule has 29 heavy (non-hydrogen) atoms. The molecule has 2 rings (SSSR count). The van der Waals surface area contributed by atoms with Crippen molar-refractivity contribution in [1.82, 2.24) is 10.3 Å². The maximum absolute atomic E-state index is 12.2. The highest BCUT2D eigenvalue weighted by Gasteiger charge is 2.18. The van der Waals surface area contributed by atoms with E-state index >= 15 is 0 Å². The van der Waals surface area contributed by atoms with Gasteiger partial charge in [-0.15, -0.1) is 0 Å². The number of aromatic nitrogens is 1. The summed E-state index contributed by atoms with van der Waals surface area (Å²) in [5, 5.41) is 5.26. The molecule has 9 heteroatoms. The first-order valence-corrected chi connectivity index (χ1v) is 9.75. The molecule has 8 nitrogen and oxygen atoms in total. The van der Waals surface area contributed by atoms with Gasteiger partial charge in [-0.2, -0.15) is 0 Å². The van der Waals surface area contributed by atoms with Crippen LogP contribution in [0.3, 0.4) is 0 Å². The van der Waals surface area contributed by atoms with E-state index in [4.69, 9.17) is 9.47 Å². The lowest BCUT2D eigenvalue weighted by atomic mass is 10.1. The lowest BCUT2D eigenvalue weighted by Crippen LogP contribution is -2.38. The predicted octanol–water partition coefficient (Wildman–Crippen LogP) is 4.18. The van der Waals surface area contributed by atoms with Crippen molar-refractivity contribution in [2.45, 2.75) is 39.5 Å². The summed E-state index contributed by atoms with van der Waals surface area (Å²) in [4.78, 5) is 39.3. The molecule has 0 saturated carbocycles. The van der Waals surface area contributed by atoms with Gasteiger partial charge in [-0.3, -0.25) is 19.9 Å². The Balaban J connectivity index is 1.98. The zero-order valence-electron chi connectivity index (χ0n) is 16.3. The van der Waals surface area contributed by atoms with Gasteiger partial charge in [0.2, 0.25) is 0 Å². The molecular formula is C20H22BrN3O5. The lowest BCUT2D eigenvalue weighted by molar-refractivity contribution is -0.147. The normalized spacial score (nSPS) is 12.4. The van der Waals surface area contributed by atoms with E-state index in [0.29, 0.717) is 27.8 Å². The summed E-state index contributed by atoms with van der Waals surface area (Å²) in [6.07, 6.45) is -0.0555. The number of rotatable bonds is 7. The molecule has 2 unspecified atom stereocenters. The molecule has 0 spiro atoms.